The lowest BCUT2D eigenvalue weighted by Gasteiger charge is -2.34. The monoisotopic (exact) mass is 228 g/mol. The SMILES string of the molecule is CCCNC(C)(CO)CN1CCCCCC1. The third-order valence-electron chi connectivity index (χ3n) is 3.42. The second-order valence-electron chi connectivity index (χ2n) is 5.34. The van der Waals surface area contributed by atoms with Crippen LogP contribution in [0.25, 0.3) is 0 Å². The summed E-state index contributed by atoms with van der Waals surface area (Å²) >= 11 is 0. The predicted molar refractivity (Wildman–Crippen MR) is 68.7 cm³/mol. The summed E-state index contributed by atoms with van der Waals surface area (Å²) in [6.45, 7) is 8.88. The van der Waals surface area contributed by atoms with Crippen LogP contribution in [-0.4, -0.2) is 48.3 Å². The highest BCUT2D eigenvalue weighted by molar-refractivity contribution is 4.86. The van der Waals surface area contributed by atoms with Gasteiger partial charge < -0.3 is 15.3 Å². The van der Waals surface area contributed by atoms with E-state index >= 15 is 0 Å². The van der Waals surface area contributed by atoms with Gasteiger partial charge in [0.25, 0.3) is 0 Å². The average Bonchev–Trinajstić information content (AvgIpc) is 2.55. The Morgan fingerprint density at radius 1 is 1.19 bits per heavy atom. The largest absolute Gasteiger partial charge is 0.394 e. The van der Waals surface area contributed by atoms with E-state index < -0.39 is 0 Å². The van der Waals surface area contributed by atoms with Crippen LogP contribution in [0.1, 0.15) is 46.0 Å². The highest BCUT2D eigenvalue weighted by atomic mass is 16.3. The molecular formula is C13H28N2O. The molecule has 0 saturated carbocycles. The van der Waals surface area contributed by atoms with E-state index in [0.29, 0.717) is 0 Å². The maximum atomic E-state index is 9.52. The Balaban J connectivity index is 2.40. The Bertz CT molecular complexity index is 179. The molecule has 0 amide bonds. The highest BCUT2D eigenvalue weighted by Gasteiger charge is 2.25. The molecule has 0 aromatic carbocycles. The molecule has 0 spiro atoms. The fraction of sp³-hybridized carbons (Fsp3) is 1.00. The molecule has 3 nitrogen and oxygen atoms in total. The van der Waals surface area contributed by atoms with Gasteiger partial charge in [-0.2, -0.15) is 0 Å². The Labute approximate surface area is 100 Å². The number of hydrogen-bond acceptors (Lipinski definition) is 3. The molecule has 1 saturated heterocycles. The molecule has 2 N–H and O–H groups in total. The van der Waals surface area contributed by atoms with Crippen LogP contribution < -0.4 is 5.32 Å². The van der Waals surface area contributed by atoms with E-state index in [9.17, 15) is 5.11 Å². The predicted octanol–water partition coefficient (Wildman–Crippen LogP) is 1.61. The first-order chi connectivity index (χ1) is 7.70. The van der Waals surface area contributed by atoms with Crippen LogP contribution in [0, 0.1) is 0 Å². The van der Waals surface area contributed by atoms with Gasteiger partial charge in [-0.15, -0.1) is 0 Å². The first-order valence-electron chi connectivity index (χ1n) is 6.78. The topological polar surface area (TPSA) is 35.5 Å². The van der Waals surface area contributed by atoms with Gasteiger partial charge in [0.1, 0.15) is 0 Å². The van der Waals surface area contributed by atoms with Crippen LogP contribution in [0.5, 0.6) is 0 Å². The minimum absolute atomic E-state index is 0.125. The lowest BCUT2D eigenvalue weighted by atomic mass is 10.0. The second kappa shape index (κ2) is 7.25. The summed E-state index contributed by atoms with van der Waals surface area (Å²) in [5, 5.41) is 13.0. The van der Waals surface area contributed by atoms with Crippen molar-refractivity contribution >= 4 is 0 Å². The molecule has 96 valence electrons. The minimum atomic E-state index is -0.125. The Hall–Kier alpha value is -0.120. The van der Waals surface area contributed by atoms with Crippen molar-refractivity contribution in [3.05, 3.63) is 0 Å². The van der Waals surface area contributed by atoms with Crippen molar-refractivity contribution in [2.24, 2.45) is 0 Å². The van der Waals surface area contributed by atoms with Crippen LogP contribution in [-0.2, 0) is 0 Å². The van der Waals surface area contributed by atoms with E-state index in [0.717, 1.165) is 19.5 Å². The van der Waals surface area contributed by atoms with Crippen molar-refractivity contribution in [3.63, 3.8) is 0 Å². The third-order valence-corrected chi connectivity index (χ3v) is 3.42. The van der Waals surface area contributed by atoms with Crippen molar-refractivity contribution in [1.82, 2.24) is 10.2 Å². The number of nitrogens with zero attached hydrogens (tertiary/aromatic N) is 1. The van der Waals surface area contributed by atoms with E-state index in [1.54, 1.807) is 0 Å². The van der Waals surface area contributed by atoms with Crippen LogP contribution in [0.15, 0.2) is 0 Å². The van der Waals surface area contributed by atoms with E-state index in [1.807, 2.05) is 0 Å². The highest BCUT2D eigenvalue weighted by Crippen LogP contribution is 2.13. The molecule has 0 bridgehead atoms. The van der Waals surface area contributed by atoms with E-state index in [2.05, 4.69) is 24.1 Å². The summed E-state index contributed by atoms with van der Waals surface area (Å²) in [4.78, 5) is 2.51. The standard InChI is InChI=1S/C13H28N2O/c1-3-8-14-13(2,12-16)11-15-9-6-4-5-7-10-15/h14,16H,3-12H2,1-2H3. The molecule has 0 aliphatic carbocycles. The Kier molecular flexibility index (Phi) is 6.32. The minimum Gasteiger partial charge on any atom is -0.394 e. The van der Waals surface area contributed by atoms with Gasteiger partial charge in [-0.25, -0.2) is 0 Å². The van der Waals surface area contributed by atoms with Gasteiger partial charge in [0.15, 0.2) is 0 Å². The molecule has 0 aromatic heterocycles. The fourth-order valence-corrected chi connectivity index (χ4v) is 2.38. The van der Waals surface area contributed by atoms with Crippen LogP contribution >= 0.6 is 0 Å². The molecule has 16 heavy (non-hydrogen) atoms. The summed E-state index contributed by atoms with van der Waals surface area (Å²) in [6, 6.07) is 0. The molecule has 0 radical (unpaired) electrons. The molecule has 1 rings (SSSR count). The second-order valence-corrected chi connectivity index (χ2v) is 5.34. The van der Waals surface area contributed by atoms with Crippen molar-refractivity contribution in [2.45, 2.75) is 51.5 Å². The number of nitrogens with one attached hydrogen (secondary N) is 1. The van der Waals surface area contributed by atoms with Crippen LogP contribution in [0.4, 0.5) is 0 Å². The summed E-state index contributed by atoms with van der Waals surface area (Å²) in [7, 11) is 0. The average molecular weight is 228 g/mol. The Morgan fingerprint density at radius 2 is 1.81 bits per heavy atom. The summed E-state index contributed by atoms with van der Waals surface area (Å²) in [6.07, 6.45) is 6.49. The normalized spacial score (nSPS) is 22.7. The molecule has 1 fully saturated rings. The van der Waals surface area contributed by atoms with Gasteiger partial charge >= 0.3 is 0 Å². The lowest BCUT2D eigenvalue weighted by Crippen LogP contribution is -2.54. The van der Waals surface area contributed by atoms with Gasteiger partial charge in [0, 0.05) is 6.54 Å². The zero-order chi connectivity index (χ0) is 11.9. The maximum absolute atomic E-state index is 9.52. The molecule has 1 atom stereocenters. The maximum Gasteiger partial charge on any atom is 0.0623 e. The van der Waals surface area contributed by atoms with E-state index in [1.165, 1.54) is 38.8 Å². The summed E-state index contributed by atoms with van der Waals surface area (Å²) in [5.41, 5.74) is -0.125. The van der Waals surface area contributed by atoms with Crippen LogP contribution in [0.3, 0.4) is 0 Å². The first-order valence-corrected chi connectivity index (χ1v) is 6.78. The van der Waals surface area contributed by atoms with Gasteiger partial charge in [-0.3, -0.25) is 0 Å². The van der Waals surface area contributed by atoms with Crippen molar-refractivity contribution < 1.29 is 5.11 Å². The molecular weight excluding hydrogens is 200 g/mol. The van der Waals surface area contributed by atoms with Crippen molar-refractivity contribution in [3.8, 4) is 0 Å². The number of likely N-dealkylation sites (tertiary alicyclic amines) is 1. The molecule has 1 unspecified atom stereocenters. The first kappa shape index (κ1) is 13.9. The van der Waals surface area contributed by atoms with Crippen LogP contribution in [0.2, 0.25) is 0 Å². The molecule has 3 heteroatoms. The third kappa shape index (κ3) is 4.81. The Morgan fingerprint density at radius 3 is 2.31 bits per heavy atom. The van der Waals surface area contributed by atoms with Crippen molar-refractivity contribution in [2.75, 3.05) is 32.8 Å². The van der Waals surface area contributed by atoms with Gasteiger partial charge in [-0.1, -0.05) is 19.8 Å². The number of rotatable bonds is 6. The molecule has 1 heterocycles. The van der Waals surface area contributed by atoms with Gasteiger partial charge in [0.2, 0.25) is 0 Å². The number of aliphatic hydroxyl groups excluding tert-OH is 1. The fourth-order valence-electron chi connectivity index (χ4n) is 2.38. The van der Waals surface area contributed by atoms with Crippen molar-refractivity contribution in [1.29, 1.82) is 0 Å². The van der Waals surface area contributed by atoms with E-state index in [-0.39, 0.29) is 12.1 Å². The quantitative estimate of drug-likeness (QED) is 0.725. The zero-order valence-corrected chi connectivity index (χ0v) is 11.0. The molecule has 1 aliphatic rings. The number of hydrogen-bond donors (Lipinski definition) is 2. The van der Waals surface area contributed by atoms with Gasteiger partial charge in [-0.05, 0) is 45.8 Å². The van der Waals surface area contributed by atoms with E-state index in [4.69, 9.17) is 0 Å². The summed E-state index contributed by atoms with van der Waals surface area (Å²) in [5.74, 6) is 0. The summed E-state index contributed by atoms with van der Waals surface area (Å²) < 4.78 is 0. The zero-order valence-electron chi connectivity index (χ0n) is 11.0. The lowest BCUT2D eigenvalue weighted by molar-refractivity contribution is 0.122. The number of aliphatic hydroxyl groups is 1. The molecule has 1 aliphatic heterocycles. The smallest absolute Gasteiger partial charge is 0.0623 e. The van der Waals surface area contributed by atoms with Gasteiger partial charge in [0.05, 0.1) is 12.1 Å². The molecule has 0 aromatic rings.